The van der Waals surface area contributed by atoms with Crippen molar-refractivity contribution < 1.29 is 4.79 Å². The third kappa shape index (κ3) is 2.96. The van der Waals surface area contributed by atoms with Crippen LogP contribution in [0, 0.1) is 13.8 Å². The molecule has 0 aliphatic rings. The van der Waals surface area contributed by atoms with Gasteiger partial charge in [0.25, 0.3) is 0 Å². The molecule has 0 saturated heterocycles. The number of carbonyl (C=O) groups excluding carboxylic acids is 1. The van der Waals surface area contributed by atoms with Crippen LogP contribution in [0.25, 0.3) is 16.8 Å². The van der Waals surface area contributed by atoms with Crippen molar-refractivity contribution in [1.82, 2.24) is 19.6 Å². The van der Waals surface area contributed by atoms with Crippen molar-refractivity contribution in [2.75, 3.05) is 0 Å². The lowest BCUT2D eigenvalue weighted by molar-refractivity contribution is 0.0994. The first kappa shape index (κ1) is 15.7. The second-order valence-electron chi connectivity index (χ2n) is 5.97. The van der Waals surface area contributed by atoms with Gasteiger partial charge in [0.05, 0.1) is 12.0 Å². The van der Waals surface area contributed by atoms with Crippen molar-refractivity contribution in [2.45, 2.75) is 20.3 Å². The molecule has 0 aliphatic carbocycles. The second-order valence-corrected chi connectivity index (χ2v) is 6.91. The van der Waals surface area contributed by atoms with Crippen LogP contribution in [0.2, 0.25) is 0 Å². The topological polar surface area (TPSA) is 60.2 Å². The minimum absolute atomic E-state index is 0.00258. The molecule has 3 heterocycles. The number of thiazole rings is 1. The van der Waals surface area contributed by atoms with E-state index < -0.39 is 0 Å². The van der Waals surface area contributed by atoms with Gasteiger partial charge in [-0.2, -0.15) is 5.10 Å². The van der Waals surface area contributed by atoms with E-state index in [0.717, 1.165) is 27.4 Å². The van der Waals surface area contributed by atoms with Crippen molar-refractivity contribution in [3.63, 3.8) is 0 Å². The molecule has 124 valence electrons. The van der Waals surface area contributed by atoms with E-state index >= 15 is 0 Å². The predicted octanol–water partition coefficient (Wildman–Crippen LogP) is 3.90. The number of benzene rings is 1. The van der Waals surface area contributed by atoms with Gasteiger partial charge in [0.2, 0.25) is 0 Å². The van der Waals surface area contributed by atoms with E-state index in [9.17, 15) is 4.79 Å². The molecule has 3 aromatic heterocycles. The number of hydrogen-bond acceptors (Lipinski definition) is 5. The molecule has 6 heteroatoms. The number of ketones is 1. The smallest absolute Gasteiger partial charge is 0.173 e. The van der Waals surface area contributed by atoms with E-state index in [2.05, 4.69) is 28.1 Å². The van der Waals surface area contributed by atoms with E-state index in [4.69, 9.17) is 0 Å². The molecular weight excluding hydrogens is 332 g/mol. The Balaban J connectivity index is 1.81. The summed E-state index contributed by atoms with van der Waals surface area (Å²) in [6.07, 6.45) is 3.66. The molecule has 0 fully saturated rings. The number of rotatable bonds is 4. The molecule has 0 N–H and O–H groups in total. The minimum atomic E-state index is 0.00258. The Bertz CT molecular complexity index is 1080. The summed E-state index contributed by atoms with van der Waals surface area (Å²) in [7, 11) is 0. The van der Waals surface area contributed by atoms with E-state index in [1.165, 1.54) is 17.7 Å². The first-order valence-electron chi connectivity index (χ1n) is 7.95. The maximum absolute atomic E-state index is 12.9. The average Bonchev–Trinajstić information content (AvgIpc) is 3.23. The zero-order valence-electron chi connectivity index (χ0n) is 13.9. The molecule has 4 rings (SSSR count). The zero-order valence-corrected chi connectivity index (χ0v) is 14.7. The number of pyridine rings is 1. The van der Waals surface area contributed by atoms with Crippen LogP contribution in [0.4, 0.5) is 0 Å². The number of carbonyl (C=O) groups is 1. The quantitative estimate of drug-likeness (QED) is 0.525. The summed E-state index contributed by atoms with van der Waals surface area (Å²) in [5.41, 5.74) is 5.28. The van der Waals surface area contributed by atoms with E-state index in [-0.39, 0.29) is 12.2 Å². The Morgan fingerprint density at radius 3 is 2.84 bits per heavy atom. The first-order chi connectivity index (χ1) is 12.1. The van der Waals surface area contributed by atoms with Gasteiger partial charge >= 0.3 is 0 Å². The number of Topliss-reactive ketones (excluding diaryl/α,β-unsaturated/α-hetero) is 1. The fourth-order valence-electron chi connectivity index (χ4n) is 2.89. The third-order valence-electron chi connectivity index (χ3n) is 4.11. The number of nitrogens with zero attached hydrogens (tertiary/aromatic N) is 4. The fourth-order valence-corrected chi connectivity index (χ4v) is 3.66. The fraction of sp³-hybridized carbons (Fsp3) is 0.158. The monoisotopic (exact) mass is 348 g/mol. The summed E-state index contributed by atoms with van der Waals surface area (Å²) in [5, 5.41) is 7.01. The average molecular weight is 348 g/mol. The maximum atomic E-state index is 12.9. The summed E-state index contributed by atoms with van der Waals surface area (Å²) < 4.78 is 1.67. The van der Waals surface area contributed by atoms with Gasteiger partial charge in [-0.15, -0.1) is 11.3 Å². The van der Waals surface area contributed by atoms with Crippen molar-refractivity contribution >= 4 is 22.8 Å². The number of fused-ring (bicyclic) bond motifs is 1. The molecule has 4 aromatic rings. The van der Waals surface area contributed by atoms with Crippen LogP contribution in [-0.2, 0) is 6.42 Å². The molecule has 0 bridgehead atoms. The molecule has 25 heavy (non-hydrogen) atoms. The van der Waals surface area contributed by atoms with Crippen LogP contribution in [0.3, 0.4) is 0 Å². The molecule has 5 nitrogen and oxygen atoms in total. The highest BCUT2D eigenvalue weighted by Gasteiger charge is 2.17. The standard InChI is InChI=1S/C19H16N4OS/c1-12-5-3-4-6-15(12)14-7-16(19-20-11-21-23(19)9-14)17(24)8-18-22-13(2)10-25-18/h3-7,9-11H,8H2,1-2H3. The third-order valence-corrected chi connectivity index (χ3v) is 5.08. The van der Waals surface area contributed by atoms with E-state index in [1.54, 1.807) is 4.52 Å². The lowest BCUT2D eigenvalue weighted by Crippen LogP contribution is -2.07. The van der Waals surface area contributed by atoms with Gasteiger partial charge in [-0.3, -0.25) is 4.79 Å². The summed E-state index contributed by atoms with van der Waals surface area (Å²) in [6, 6.07) is 10.0. The summed E-state index contributed by atoms with van der Waals surface area (Å²) in [4.78, 5) is 21.5. The number of aromatic nitrogens is 4. The van der Waals surface area contributed by atoms with Crippen LogP contribution >= 0.6 is 11.3 Å². The predicted molar refractivity (Wildman–Crippen MR) is 98.0 cm³/mol. The summed E-state index contributed by atoms with van der Waals surface area (Å²) in [6.45, 7) is 3.99. The van der Waals surface area contributed by atoms with Crippen LogP contribution in [0.5, 0.6) is 0 Å². The van der Waals surface area contributed by atoms with Crippen molar-refractivity contribution in [3.8, 4) is 11.1 Å². The van der Waals surface area contributed by atoms with Gasteiger partial charge in [0.1, 0.15) is 11.3 Å². The van der Waals surface area contributed by atoms with Crippen LogP contribution in [0.1, 0.15) is 26.6 Å². The molecule has 0 unspecified atom stereocenters. The summed E-state index contributed by atoms with van der Waals surface area (Å²) >= 11 is 1.51. The molecule has 0 amide bonds. The van der Waals surface area contributed by atoms with Gasteiger partial charge in [0.15, 0.2) is 11.4 Å². The van der Waals surface area contributed by atoms with Gasteiger partial charge in [-0.1, -0.05) is 24.3 Å². The molecule has 1 aromatic carbocycles. The Hall–Kier alpha value is -2.86. The normalized spacial score (nSPS) is 11.1. The van der Waals surface area contributed by atoms with Crippen LogP contribution < -0.4 is 0 Å². The first-order valence-corrected chi connectivity index (χ1v) is 8.83. The summed E-state index contributed by atoms with van der Waals surface area (Å²) in [5.74, 6) is 0.00258. The van der Waals surface area contributed by atoms with E-state index in [0.29, 0.717) is 11.2 Å². The van der Waals surface area contributed by atoms with Gasteiger partial charge in [0, 0.05) is 22.8 Å². The second kappa shape index (κ2) is 6.22. The Labute approximate surface area is 149 Å². The van der Waals surface area contributed by atoms with Gasteiger partial charge in [-0.05, 0) is 31.0 Å². The Morgan fingerprint density at radius 1 is 1.24 bits per heavy atom. The van der Waals surface area contributed by atoms with Crippen LogP contribution in [0.15, 0.2) is 48.2 Å². The largest absolute Gasteiger partial charge is 0.294 e. The minimum Gasteiger partial charge on any atom is -0.294 e. The lowest BCUT2D eigenvalue weighted by atomic mass is 9.99. The molecule has 0 aliphatic heterocycles. The highest BCUT2D eigenvalue weighted by atomic mass is 32.1. The van der Waals surface area contributed by atoms with Gasteiger partial charge < -0.3 is 0 Å². The SMILES string of the molecule is Cc1csc(CC(=O)c2cc(-c3ccccc3C)cn3ncnc23)n1. The molecule has 0 atom stereocenters. The Kier molecular flexibility index (Phi) is 3.89. The van der Waals surface area contributed by atoms with Gasteiger partial charge in [-0.25, -0.2) is 14.5 Å². The number of hydrogen-bond donors (Lipinski definition) is 0. The van der Waals surface area contributed by atoms with Crippen LogP contribution in [-0.4, -0.2) is 25.4 Å². The highest BCUT2D eigenvalue weighted by Crippen LogP contribution is 2.26. The molecule has 0 radical (unpaired) electrons. The van der Waals surface area contributed by atoms with E-state index in [1.807, 2.05) is 42.8 Å². The highest BCUT2D eigenvalue weighted by molar-refractivity contribution is 7.09. The number of aryl methyl sites for hydroxylation is 2. The van der Waals surface area contributed by atoms with Crippen molar-refractivity contribution in [3.05, 3.63) is 70.1 Å². The zero-order chi connectivity index (χ0) is 17.4. The maximum Gasteiger partial charge on any atom is 0.173 e. The van der Waals surface area contributed by atoms with Crippen molar-refractivity contribution in [2.24, 2.45) is 0 Å². The molecule has 0 saturated carbocycles. The molecular formula is C19H16N4OS. The molecule has 0 spiro atoms. The Morgan fingerprint density at radius 2 is 2.08 bits per heavy atom. The lowest BCUT2D eigenvalue weighted by Gasteiger charge is -2.09. The van der Waals surface area contributed by atoms with Crippen molar-refractivity contribution in [1.29, 1.82) is 0 Å².